The number of allylic oxidation sites excluding steroid dienone is 1. The molecular formula is C13H18N4O2. The molecule has 1 fully saturated rings. The molecule has 0 saturated carbocycles. The SMILES string of the molecule is C=CCc1c(C)nc(N2CCN(C=O)CC2)[nH]c1=O. The molecule has 6 nitrogen and oxygen atoms in total. The van der Waals surface area contributed by atoms with Gasteiger partial charge in [0.2, 0.25) is 12.4 Å². The van der Waals surface area contributed by atoms with Crippen molar-refractivity contribution < 1.29 is 4.79 Å². The van der Waals surface area contributed by atoms with E-state index < -0.39 is 0 Å². The molecule has 0 aromatic carbocycles. The molecule has 0 atom stereocenters. The number of amides is 1. The van der Waals surface area contributed by atoms with Crippen LogP contribution >= 0.6 is 0 Å². The second-order valence-corrected chi connectivity index (χ2v) is 4.57. The normalized spacial score (nSPS) is 15.4. The summed E-state index contributed by atoms with van der Waals surface area (Å²) in [5, 5.41) is 0. The summed E-state index contributed by atoms with van der Waals surface area (Å²) in [5.74, 6) is 0.584. The molecular weight excluding hydrogens is 244 g/mol. The number of rotatable bonds is 4. The minimum absolute atomic E-state index is 0.111. The van der Waals surface area contributed by atoms with Crippen molar-refractivity contribution in [2.75, 3.05) is 31.1 Å². The molecule has 2 rings (SSSR count). The van der Waals surface area contributed by atoms with E-state index in [-0.39, 0.29) is 5.56 Å². The molecule has 1 amide bonds. The number of aryl methyl sites for hydroxylation is 1. The summed E-state index contributed by atoms with van der Waals surface area (Å²) >= 11 is 0. The van der Waals surface area contributed by atoms with Crippen molar-refractivity contribution in [2.45, 2.75) is 13.3 Å². The number of nitrogens with one attached hydrogen (secondary N) is 1. The lowest BCUT2D eigenvalue weighted by Crippen LogP contribution is -2.46. The van der Waals surface area contributed by atoms with Crippen LogP contribution in [0.2, 0.25) is 0 Å². The van der Waals surface area contributed by atoms with Crippen molar-refractivity contribution in [1.82, 2.24) is 14.9 Å². The lowest BCUT2D eigenvalue weighted by atomic mass is 10.2. The van der Waals surface area contributed by atoms with Crippen LogP contribution in [0.1, 0.15) is 11.3 Å². The predicted octanol–water partition coefficient (Wildman–Crippen LogP) is 0.0852. The summed E-state index contributed by atoms with van der Waals surface area (Å²) in [7, 11) is 0. The Balaban J connectivity index is 2.20. The highest BCUT2D eigenvalue weighted by atomic mass is 16.1. The maximum atomic E-state index is 12.0. The molecule has 19 heavy (non-hydrogen) atoms. The van der Waals surface area contributed by atoms with Gasteiger partial charge in [-0.3, -0.25) is 14.6 Å². The van der Waals surface area contributed by atoms with Crippen molar-refractivity contribution in [2.24, 2.45) is 0 Å². The van der Waals surface area contributed by atoms with E-state index in [2.05, 4.69) is 16.5 Å². The van der Waals surface area contributed by atoms with Gasteiger partial charge in [0, 0.05) is 31.7 Å². The number of H-pyrrole nitrogens is 1. The van der Waals surface area contributed by atoms with Crippen LogP contribution < -0.4 is 10.5 Å². The fraction of sp³-hybridized carbons (Fsp3) is 0.462. The number of hydrogen-bond donors (Lipinski definition) is 1. The molecule has 0 aliphatic carbocycles. The highest BCUT2D eigenvalue weighted by Crippen LogP contribution is 2.11. The molecule has 102 valence electrons. The van der Waals surface area contributed by atoms with Crippen LogP contribution in [0, 0.1) is 6.92 Å². The molecule has 1 aliphatic heterocycles. The maximum absolute atomic E-state index is 12.0. The molecule has 1 N–H and O–H groups in total. The fourth-order valence-electron chi connectivity index (χ4n) is 2.17. The van der Waals surface area contributed by atoms with E-state index in [4.69, 9.17) is 0 Å². The van der Waals surface area contributed by atoms with Crippen molar-refractivity contribution in [1.29, 1.82) is 0 Å². The van der Waals surface area contributed by atoms with E-state index in [1.165, 1.54) is 0 Å². The topological polar surface area (TPSA) is 69.3 Å². The quantitative estimate of drug-likeness (QED) is 0.616. The van der Waals surface area contributed by atoms with E-state index in [0.29, 0.717) is 44.1 Å². The second kappa shape index (κ2) is 5.69. The molecule has 1 aliphatic rings. The standard InChI is InChI=1S/C13H18N4O2/c1-3-4-11-10(2)14-13(15-12(11)19)17-7-5-16(9-18)6-8-17/h3,9H,1,4-8H2,2H3,(H,14,15,19). The van der Waals surface area contributed by atoms with Gasteiger partial charge in [0.15, 0.2) is 0 Å². The van der Waals surface area contributed by atoms with Crippen LogP contribution in [0.25, 0.3) is 0 Å². The number of carbonyl (C=O) groups is 1. The van der Waals surface area contributed by atoms with E-state index in [9.17, 15) is 9.59 Å². The summed E-state index contributed by atoms with van der Waals surface area (Å²) in [6, 6.07) is 0. The molecule has 2 heterocycles. The van der Waals surface area contributed by atoms with Crippen molar-refractivity contribution >= 4 is 12.4 Å². The van der Waals surface area contributed by atoms with E-state index in [0.717, 1.165) is 12.1 Å². The smallest absolute Gasteiger partial charge is 0.256 e. The second-order valence-electron chi connectivity index (χ2n) is 4.57. The van der Waals surface area contributed by atoms with Gasteiger partial charge in [-0.05, 0) is 13.3 Å². The summed E-state index contributed by atoms with van der Waals surface area (Å²) in [6.07, 6.45) is 3.07. The number of nitrogens with zero attached hydrogens (tertiary/aromatic N) is 3. The van der Waals surface area contributed by atoms with Gasteiger partial charge in [-0.2, -0.15) is 0 Å². The summed E-state index contributed by atoms with van der Waals surface area (Å²) in [6.45, 7) is 8.14. The Labute approximate surface area is 111 Å². The van der Waals surface area contributed by atoms with E-state index in [1.807, 2.05) is 11.8 Å². The van der Waals surface area contributed by atoms with Gasteiger partial charge in [-0.25, -0.2) is 4.98 Å². The molecule has 1 aromatic rings. The largest absolute Gasteiger partial charge is 0.342 e. The lowest BCUT2D eigenvalue weighted by Gasteiger charge is -2.32. The van der Waals surface area contributed by atoms with Gasteiger partial charge in [0.25, 0.3) is 5.56 Å². The van der Waals surface area contributed by atoms with Crippen LogP contribution in [-0.2, 0) is 11.2 Å². The minimum atomic E-state index is -0.111. The molecule has 0 radical (unpaired) electrons. The van der Waals surface area contributed by atoms with Crippen molar-refractivity contribution in [3.05, 3.63) is 34.3 Å². The Kier molecular flexibility index (Phi) is 3.99. The highest BCUT2D eigenvalue weighted by molar-refractivity contribution is 5.48. The number of hydrogen-bond acceptors (Lipinski definition) is 4. The Hall–Kier alpha value is -2.11. The first-order chi connectivity index (χ1) is 9.15. The Morgan fingerprint density at radius 1 is 1.37 bits per heavy atom. The fourth-order valence-corrected chi connectivity index (χ4v) is 2.17. The van der Waals surface area contributed by atoms with Gasteiger partial charge in [0.1, 0.15) is 0 Å². The number of piperazine rings is 1. The van der Waals surface area contributed by atoms with Crippen molar-refractivity contribution in [3.8, 4) is 0 Å². The van der Waals surface area contributed by atoms with E-state index >= 15 is 0 Å². The van der Waals surface area contributed by atoms with Gasteiger partial charge >= 0.3 is 0 Å². The molecule has 1 saturated heterocycles. The third kappa shape index (κ3) is 2.83. The monoisotopic (exact) mass is 262 g/mol. The average molecular weight is 262 g/mol. The maximum Gasteiger partial charge on any atom is 0.256 e. The predicted molar refractivity (Wildman–Crippen MR) is 73.3 cm³/mol. The first-order valence-corrected chi connectivity index (χ1v) is 6.30. The van der Waals surface area contributed by atoms with Crippen LogP contribution in [0.3, 0.4) is 0 Å². The van der Waals surface area contributed by atoms with Gasteiger partial charge in [-0.1, -0.05) is 6.08 Å². The lowest BCUT2D eigenvalue weighted by molar-refractivity contribution is -0.118. The third-order valence-corrected chi connectivity index (χ3v) is 3.32. The van der Waals surface area contributed by atoms with Crippen LogP contribution in [0.5, 0.6) is 0 Å². The molecule has 0 bridgehead atoms. The Morgan fingerprint density at radius 3 is 2.58 bits per heavy atom. The van der Waals surface area contributed by atoms with Crippen LogP contribution in [0.4, 0.5) is 5.95 Å². The summed E-state index contributed by atoms with van der Waals surface area (Å²) in [4.78, 5) is 33.6. The molecule has 1 aromatic heterocycles. The first kappa shape index (κ1) is 13.3. The highest BCUT2D eigenvalue weighted by Gasteiger charge is 2.18. The molecule has 0 spiro atoms. The number of aromatic nitrogens is 2. The Bertz CT molecular complexity index is 530. The van der Waals surface area contributed by atoms with Crippen LogP contribution in [-0.4, -0.2) is 47.5 Å². The number of aromatic amines is 1. The first-order valence-electron chi connectivity index (χ1n) is 6.30. The zero-order valence-electron chi connectivity index (χ0n) is 11.1. The zero-order chi connectivity index (χ0) is 13.8. The zero-order valence-corrected chi connectivity index (χ0v) is 11.1. The minimum Gasteiger partial charge on any atom is -0.342 e. The van der Waals surface area contributed by atoms with E-state index in [1.54, 1.807) is 11.0 Å². The Morgan fingerprint density at radius 2 is 2.05 bits per heavy atom. The number of anilines is 1. The average Bonchev–Trinajstić information content (AvgIpc) is 2.43. The van der Waals surface area contributed by atoms with Crippen LogP contribution in [0.15, 0.2) is 17.4 Å². The summed E-state index contributed by atoms with van der Waals surface area (Å²) in [5.41, 5.74) is 1.28. The summed E-state index contributed by atoms with van der Waals surface area (Å²) < 4.78 is 0. The molecule has 6 heteroatoms. The van der Waals surface area contributed by atoms with Gasteiger partial charge < -0.3 is 9.80 Å². The van der Waals surface area contributed by atoms with Gasteiger partial charge in [-0.15, -0.1) is 6.58 Å². The number of carbonyl (C=O) groups excluding carboxylic acids is 1. The van der Waals surface area contributed by atoms with Gasteiger partial charge in [0.05, 0.1) is 5.69 Å². The molecule has 0 unspecified atom stereocenters. The van der Waals surface area contributed by atoms with Crippen molar-refractivity contribution in [3.63, 3.8) is 0 Å². The third-order valence-electron chi connectivity index (χ3n) is 3.32.